The van der Waals surface area contributed by atoms with E-state index >= 15 is 0 Å². The highest BCUT2D eigenvalue weighted by Gasteiger charge is 2.25. The summed E-state index contributed by atoms with van der Waals surface area (Å²) in [5.41, 5.74) is 1.08. The van der Waals surface area contributed by atoms with E-state index < -0.39 is 5.97 Å². The fraction of sp³-hybridized carbons (Fsp3) is 0.333. The zero-order chi connectivity index (χ0) is 17.6. The number of carboxylic acids is 1. The molecule has 2 atom stereocenters. The fourth-order valence-corrected chi connectivity index (χ4v) is 3.57. The second-order valence-electron chi connectivity index (χ2n) is 5.93. The van der Waals surface area contributed by atoms with E-state index in [9.17, 15) is 9.59 Å². The van der Waals surface area contributed by atoms with E-state index in [1.165, 1.54) is 17.0 Å². The highest BCUT2D eigenvalue weighted by Crippen LogP contribution is 2.30. The SMILES string of the molecule is O=C(NCc1ccc(C(=O)O)cc1)NC1CCOC(c2cccs2)C1. The quantitative estimate of drug-likeness (QED) is 0.764. The van der Waals surface area contributed by atoms with Crippen molar-refractivity contribution in [2.24, 2.45) is 0 Å². The van der Waals surface area contributed by atoms with Gasteiger partial charge in [-0.2, -0.15) is 0 Å². The smallest absolute Gasteiger partial charge is 0.335 e. The van der Waals surface area contributed by atoms with Crippen molar-refractivity contribution in [3.8, 4) is 0 Å². The third-order valence-electron chi connectivity index (χ3n) is 4.13. The van der Waals surface area contributed by atoms with Gasteiger partial charge in [-0.1, -0.05) is 18.2 Å². The van der Waals surface area contributed by atoms with Gasteiger partial charge in [0, 0.05) is 24.1 Å². The van der Waals surface area contributed by atoms with Gasteiger partial charge in [0.25, 0.3) is 0 Å². The summed E-state index contributed by atoms with van der Waals surface area (Å²) in [4.78, 5) is 24.1. The molecule has 0 spiro atoms. The van der Waals surface area contributed by atoms with E-state index in [4.69, 9.17) is 9.84 Å². The van der Waals surface area contributed by atoms with Crippen molar-refractivity contribution in [2.75, 3.05) is 6.61 Å². The van der Waals surface area contributed by atoms with Crippen LogP contribution in [0.25, 0.3) is 0 Å². The molecule has 1 aliphatic heterocycles. The summed E-state index contributed by atoms with van der Waals surface area (Å²) in [6.45, 7) is 0.980. The van der Waals surface area contributed by atoms with Gasteiger partial charge in [0.2, 0.25) is 0 Å². The maximum atomic E-state index is 12.1. The Bertz CT molecular complexity index is 715. The highest BCUT2D eigenvalue weighted by atomic mass is 32.1. The molecule has 2 heterocycles. The van der Waals surface area contributed by atoms with Gasteiger partial charge in [0.05, 0.1) is 11.7 Å². The minimum Gasteiger partial charge on any atom is -0.478 e. The van der Waals surface area contributed by atoms with Gasteiger partial charge < -0.3 is 20.5 Å². The van der Waals surface area contributed by atoms with Crippen LogP contribution in [-0.4, -0.2) is 29.8 Å². The van der Waals surface area contributed by atoms with E-state index in [-0.39, 0.29) is 23.7 Å². The van der Waals surface area contributed by atoms with Crippen LogP contribution in [0, 0.1) is 0 Å². The molecule has 0 aliphatic carbocycles. The third kappa shape index (κ3) is 4.80. The minimum absolute atomic E-state index is 0.0441. The molecule has 0 saturated carbocycles. The first-order valence-corrected chi connectivity index (χ1v) is 9.01. The third-order valence-corrected chi connectivity index (χ3v) is 5.10. The Labute approximate surface area is 149 Å². The predicted molar refractivity (Wildman–Crippen MR) is 94.8 cm³/mol. The predicted octanol–water partition coefficient (Wildman–Crippen LogP) is 3.17. The molecule has 0 bridgehead atoms. The number of rotatable bonds is 5. The number of carbonyl (C=O) groups is 2. The Morgan fingerprint density at radius 2 is 2.04 bits per heavy atom. The summed E-state index contributed by atoms with van der Waals surface area (Å²) < 4.78 is 5.78. The van der Waals surface area contributed by atoms with E-state index in [2.05, 4.69) is 16.7 Å². The van der Waals surface area contributed by atoms with E-state index in [1.807, 2.05) is 11.4 Å². The van der Waals surface area contributed by atoms with Crippen molar-refractivity contribution in [1.82, 2.24) is 10.6 Å². The molecule has 2 unspecified atom stereocenters. The number of carboxylic acid groups (broad SMARTS) is 1. The second kappa shape index (κ2) is 8.13. The number of nitrogens with one attached hydrogen (secondary N) is 2. The van der Waals surface area contributed by atoms with Crippen molar-refractivity contribution >= 4 is 23.3 Å². The number of urea groups is 1. The van der Waals surface area contributed by atoms with Gasteiger partial charge in [0.15, 0.2) is 0 Å². The molecule has 0 radical (unpaired) electrons. The molecular weight excluding hydrogens is 340 g/mol. The average molecular weight is 360 g/mol. The number of aromatic carboxylic acids is 1. The average Bonchev–Trinajstić information content (AvgIpc) is 3.15. The van der Waals surface area contributed by atoms with Gasteiger partial charge in [-0.25, -0.2) is 9.59 Å². The number of hydrogen-bond donors (Lipinski definition) is 3. The summed E-state index contributed by atoms with van der Waals surface area (Å²) in [5.74, 6) is -0.961. The monoisotopic (exact) mass is 360 g/mol. The van der Waals surface area contributed by atoms with E-state index in [0.717, 1.165) is 18.4 Å². The molecule has 132 valence electrons. The molecule has 25 heavy (non-hydrogen) atoms. The molecule has 6 nitrogen and oxygen atoms in total. The minimum atomic E-state index is -0.961. The van der Waals surface area contributed by atoms with E-state index in [0.29, 0.717) is 13.2 Å². The molecule has 3 N–H and O–H groups in total. The number of ether oxygens (including phenoxy) is 1. The van der Waals surface area contributed by atoms with Gasteiger partial charge in [0.1, 0.15) is 0 Å². The Balaban J connectivity index is 1.46. The standard InChI is InChI=1S/C18H20N2O4S/c21-17(22)13-5-3-12(4-6-13)11-19-18(23)20-14-7-8-24-15(10-14)16-2-1-9-25-16/h1-6,9,14-15H,7-8,10-11H2,(H,21,22)(H2,19,20,23). The normalized spacial score (nSPS) is 20.0. The van der Waals surface area contributed by atoms with Gasteiger partial charge >= 0.3 is 12.0 Å². The van der Waals surface area contributed by atoms with Crippen LogP contribution < -0.4 is 10.6 Å². The largest absolute Gasteiger partial charge is 0.478 e. The molecule has 1 aromatic carbocycles. The molecule has 1 aliphatic rings. The summed E-state index contributed by atoms with van der Waals surface area (Å²) >= 11 is 1.67. The number of benzene rings is 1. The van der Waals surface area contributed by atoms with Crippen molar-refractivity contribution in [2.45, 2.75) is 31.5 Å². The van der Waals surface area contributed by atoms with Crippen LogP contribution in [0.4, 0.5) is 4.79 Å². The van der Waals surface area contributed by atoms with Crippen molar-refractivity contribution < 1.29 is 19.4 Å². The first kappa shape index (κ1) is 17.4. The second-order valence-corrected chi connectivity index (χ2v) is 6.90. The van der Waals surface area contributed by atoms with Crippen LogP contribution in [0.3, 0.4) is 0 Å². The number of thiophene rings is 1. The fourth-order valence-electron chi connectivity index (χ4n) is 2.78. The van der Waals surface area contributed by atoms with Crippen LogP contribution in [0.15, 0.2) is 41.8 Å². The number of amides is 2. The maximum absolute atomic E-state index is 12.1. The number of carbonyl (C=O) groups excluding carboxylic acids is 1. The van der Waals surface area contributed by atoms with Crippen LogP contribution in [0.5, 0.6) is 0 Å². The molecule has 1 fully saturated rings. The lowest BCUT2D eigenvalue weighted by molar-refractivity contribution is 0.00438. The summed E-state index contributed by atoms with van der Waals surface area (Å²) in [6, 6.07) is 10.4. The maximum Gasteiger partial charge on any atom is 0.335 e. The Morgan fingerprint density at radius 3 is 2.72 bits per heavy atom. The molecule has 2 amide bonds. The zero-order valence-corrected chi connectivity index (χ0v) is 14.4. The first-order valence-electron chi connectivity index (χ1n) is 8.13. The van der Waals surface area contributed by atoms with Crippen molar-refractivity contribution in [3.05, 3.63) is 57.8 Å². The molecular formula is C18H20N2O4S. The molecule has 7 heteroatoms. The van der Waals surface area contributed by atoms with E-state index in [1.54, 1.807) is 23.5 Å². The molecule has 3 rings (SSSR count). The zero-order valence-electron chi connectivity index (χ0n) is 13.6. The van der Waals surface area contributed by atoms with Crippen LogP contribution in [0.1, 0.15) is 39.7 Å². The lowest BCUT2D eigenvalue weighted by Gasteiger charge is -2.29. The Hall–Kier alpha value is -2.38. The Kier molecular flexibility index (Phi) is 5.67. The van der Waals surface area contributed by atoms with Crippen LogP contribution in [-0.2, 0) is 11.3 Å². The Morgan fingerprint density at radius 1 is 1.24 bits per heavy atom. The van der Waals surface area contributed by atoms with Crippen LogP contribution >= 0.6 is 11.3 Å². The van der Waals surface area contributed by atoms with Gasteiger partial charge in [-0.15, -0.1) is 11.3 Å². The molecule has 2 aromatic rings. The summed E-state index contributed by atoms with van der Waals surface area (Å²) in [5, 5.41) is 16.7. The summed E-state index contributed by atoms with van der Waals surface area (Å²) in [6.07, 6.45) is 1.60. The van der Waals surface area contributed by atoms with Crippen molar-refractivity contribution in [1.29, 1.82) is 0 Å². The van der Waals surface area contributed by atoms with Gasteiger partial charge in [-0.3, -0.25) is 0 Å². The van der Waals surface area contributed by atoms with Crippen LogP contribution in [0.2, 0.25) is 0 Å². The lowest BCUT2D eigenvalue weighted by atomic mass is 10.0. The molecule has 1 saturated heterocycles. The summed E-state index contributed by atoms with van der Waals surface area (Å²) in [7, 11) is 0. The highest BCUT2D eigenvalue weighted by molar-refractivity contribution is 7.10. The lowest BCUT2D eigenvalue weighted by Crippen LogP contribution is -2.44. The number of hydrogen-bond acceptors (Lipinski definition) is 4. The first-order chi connectivity index (χ1) is 12.1. The molecule has 1 aromatic heterocycles. The van der Waals surface area contributed by atoms with Gasteiger partial charge in [-0.05, 0) is 42.0 Å². The van der Waals surface area contributed by atoms with Crippen molar-refractivity contribution in [3.63, 3.8) is 0 Å². The topological polar surface area (TPSA) is 87.7 Å².